The molecule has 134 valence electrons. The van der Waals surface area contributed by atoms with Crippen LogP contribution in [0.2, 0.25) is 0 Å². The molecule has 1 saturated heterocycles. The molecule has 0 atom stereocenters. The molecule has 1 amide bonds. The quantitative estimate of drug-likeness (QED) is 0.918. The number of morpholine rings is 1. The molecule has 1 aromatic rings. The SMILES string of the molecule is O=C(NC12CC3CC(CC(C3)C1)C2)c1ccnc(N2CCOCC2)c1. The van der Waals surface area contributed by atoms with E-state index in [0.29, 0.717) is 0 Å². The van der Waals surface area contributed by atoms with Crippen LogP contribution in [-0.4, -0.2) is 42.7 Å². The van der Waals surface area contributed by atoms with Crippen LogP contribution in [0.25, 0.3) is 0 Å². The van der Waals surface area contributed by atoms with Gasteiger partial charge in [-0.05, 0) is 68.4 Å². The molecule has 0 spiro atoms. The molecule has 1 aromatic heterocycles. The Kier molecular flexibility index (Phi) is 3.73. The third-order valence-corrected chi connectivity index (χ3v) is 6.76. The van der Waals surface area contributed by atoms with Crippen LogP contribution in [0.5, 0.6) is 0 Å². The first-order valence-electron chi connectivity index (χ1n) is 9.80. The molecule has 6 rings (SSSR count). The normalized spacial score (nSPS) is 36.5. The first-order chi connectivity index (χ1) is 12.2. The van der Waals surface area contributed by atoms with Crippen LogP contribution in [0, 0.1) is 17.8 Å². The van der Waals surface area contributed by atoms with Crippen LogP contribution in [-0.2, 0) is 4.74 Å². The fourth-order valence-corrected chi connectivity index (χ4v) is 6.10. The second-order valence-corrected chi connectivity index (χ2v) is 8.65. The number of hydrogen-bond donors (Lipinski definition) is 1. The number of aromatic nitrogens is 1. The summed E-state index contributed by atoms with van der Waals surface area (Å²) in [6, 6.07) is 3.79. The van der Waals surface area contributed by atoms with Crippen molar-refractivity contribution in [3.8, 4) is 0 Å². The smallest absolute Gasteiger partial charge is 0.251 e. The molecule has 2 heterocycles. The minimum Gasteiger partial charge on any atom is -0.378 e. The highest BCUT2D eigenvalue weighted by Crippen LogP contribution is 2.55. The second-order valence-electron chi connectivity index (χ2n) is 8.65. The summed E-state index contributed by atoms with van der Waals surface area (Å²) in [5, 5.41) is 3.46. The second kappa shape index (κ2) is 5.97. The number of rotatable bonds is 3. The Hall–Kier alpha value is -1.62. The third kappa shape index (κ3) is 2.92. The molecule has 1 N–H and O–H groups in total. The minimum atomic E-state index is 0.0637. The van der Waals surface area contributed by atoms with E-state index in [9.17, 15) is 4.79 Å². The van der Waals surface area contributed by atoms with E-state index in [1.54, 1.807) is 6.20 Å². The molecule has 5 fully saturated rings. The van der Waals surface area contributed by atoms with Crippen molar-refractivity contribution < 1.29 is 9.53 Å². The number of nitrogens with zero attached hydrogens (tertiary/aromatic N) is 2. The number of amides is 1. The van der Waals surface area contributed by atoms with Crippen LogP contribution >= 0.6 is 0 Å². The van der Waals surface area contributed by atoms with E-state index in [1.165, 1.54) is 38.5 Å². The Morgan fingerprint density at radius 3 is 2.40 bits per heavy atom. The molecular formula is C20H27N3O2. The fraction of sp³-hybridized carbons (Fsp3) is 0.700. The van der Waals surface area contributed by atoms with E-state index in [2.05, 4.69) is 15.2 Å². The van der Waals surface area contributed by atoms with Crippen molar-refractivity contribution in [1.29, 1.82) is 0 Å². The first kappa shape index (κ1) is 15.6. The lowest BCUT2D eigenvalue weighted by Crippen LogP contribution is -2.59. The van der Waals surface area contributed by atoms with Gasteiger partial charge in [0.2, 0.25) is 0 Å². The van der Waals surface area contributed by atoms with Crippen molar-refractivity contribution in [3.05, 3.63) is 23.9 Å². The van der Waals surface area contributed by atoms with Gasteiger partial charge in [-0.2, -0.15) is 0 Å². The first-order valence-corrected chi connectivity index (χ1v) is 9.80. The standard InChI is InChI=1S/C20H27N3O2/c24-19(17-1-2-21-18(10-17)23-3-5-25-6-4-23)22-20-11-14-7-15(12-20)9-16(8-14)13-20/h1-2,10,14-16H,3-9,11-13H2,(H,22,24). The van der Waals surface area contributed by atoms with Gasteiger partial charge < -0.3 is 15.0 Å². The summed E-state index contributed by atoms with van der Waals surface area (Å²) in [7, 11) is 0. The van der Waals surface area contributed by atoms with Gasteiger partial charge in [0.15, 0.2) is 0 Å². The maximum Gasteiger partial charge on any atom is 0.251 e. The van der Waals surface area contributed by atoms with Crippen molar-refractivity contribution in [2.45, 2.75) is 44.1 Å². The number of pyridine rings is 1. The summed E-state index contributed by atoms with van der Waals surface area (Å²) in [6.45, 7) is 3.14. The zero-order chi connectivity index (χ0) is 16.9. The zero-order valence-electron chi connectivity index (χ0n) is 14.7. The topological polar surface area (TPSA) is 54.5 Å². The van der Waals surface area contributed by atoms with Gasteiger partial charge in [0.05, 0.1) is 13.2 Å². The molecular weight excluding hydrogens is 314 g/mol. The molecule has 5 aliphatic rings. The maximum atomic E-state index is 13.0. The summed E-state index contributed by atoms with van der Waals surface area (Å²) in [6.07, 6.45) is 9.51. The van der Waals surface area contributed by atoms with E-state index < -0.39 is 0 Å². The van der Waals surface area contributed by atoms with Crippen LogP contribution in [0.4, 0.5) is 5.82 Å². The van der Waals surface area contributed by atoms with Crippen molar-refractivity contribution in [2.24, 2.45) is 17.8 Å². The van der Waals surface area contributed by atoms with Crippen LogP contribution in [0.15, 0.2) is 18.3 Å². The third-order valence-electron chi connectivity index (χ3n) is 6.76. The zero-order valence-corrected chi connectivity index (χ0v) is 14.7. The van der Waals surface area contributed by atoms with Crippen molar-refractivity contribution in [1.82, 2.24) is 10.3 Å². The van der Waals surface area contributed by atoms with Gasteiger partial charge in [-0.15, -0.1) is 0 Å². The van der Waals surface area contributed by atoms with Gasteiger partial charge in [-0.3, -0.25) is 4.79 Å². The molecule has 4 aliphatic carbocycles. The van der Waals surface area contributed by atoms with Gasteiger partial charge in [-0.25, -0.2) is 4.98 Å². The Morgan fingerprint density at radius 2 is 1.76 bits per heavy atom. The highest BCUT2D eigenvalue weighted by molar-refractivity contribution is 5.95. The Balaban J connectivity index is 1.33. The molecule has 5 heteroatoms. The Morgan fingerprint density at radius 1 is 1.12 bits per heavy atom. The van der Waals surface area contributed by atoms with Crippen molar-refractivity contribution in [2.75, 3.05) is 31.2 Å². The van der Waals surface area contributed by atoms with E-state index in [-0.39, 0.29) is 11.4 Å². The number of hydrogen-bond acceptors (Lipinski definition) is 4. The van der Waals surface area contributed by atoms with Gasteiger partial charge in [-0.1, -0.05) is 0 Å². The fourth-order valence-electron chi connectivity index (χ4n) is 6.10. The lowest BCUT2D eigenvalue weighted by atomic mass is 9.53. The number of carbonyl (C=O) groups excluding carboxylic acids is 1. The summed E-state index contributed by atoms with van der Waals surface area (Å²) < 4.78 is 5.41. The number of carbonyl (C=O) groups is 1. The number of anilines is 1. The predicted molar refractivity (Wildman–Crippen MR) is 95.6 cm³/mol. The van der Waals surface area contributed by atoms with Crippen molar-refractivity contribution >= 4 is 11.7 Å². The van der Waals surface area contributed by atoms with Gasteiger partial charge in [0.1, 0.15) is 5.82 Å². The molecule has 5 nitrogen and oxygen atoms in total. The average Bonchev–Trinajstić information content (AvgIpc) is 2.61. The lowest BCUT2D eigenvalue weighted by molar-refractivity contribution is -0.0167. The summed E-state index contributed by atoms with van der Waals surface area (Å²) in [4.78, 5) is 19.6. The molecule has 1 aliphatic heterocycles. The molecule has 0 aromatic carbocycles. The summed E-state index contributed by atoms with van der Waals surface area (Å²) in [5.41, 5.74) is 0.807. The monoisotopic (exact) mass is 341 g/mol. The Bertz CT molecular complexity index is 633. The minimum absolute atomic E-state index is 0.0637. The number of nitrogens with one attached hydrogen (secondary N) is 1. The molecule has 25 heavy (non-hydrogen) atoms. The highest BCUT2D eigenvalue weighted by atomic mass is 16.5. The van der Waals surface area contributed by atoms with E-state index in [4.69, 9.17) is 4.74 Å². The summed E-state index contributed by atoms with van der Waals surface area (Å²) >= 11 is 0. The molecule has 4 bridgehead atoms. The maximum absolute atomic E-state index is 13.0. The van der Waals surface area contributed by atoms with Gasteiger partial charge in [0, 0.05) is 30.4 Å². The van der Waals surface area contributed by atoms with Crippen LogP contribution in [0.1, 0.15) is 48.9 Å². The van der Waals surface area contributed by atoms with E-state index in [1.807, 2.05) is 12.1 Å². The largest absolute Gasteiger partial charge is 0.378 e. The van der Waals surface area contributed by atoms with Crippen LogP contribution in [0.3, 0.4) is 0 Å². The molecule has 0 radical (unpaired) electrons. The van der Waals surface area contributed by atoms with E-state index >= 15 is 0 Å². The van der Waals surface area contributed by atoms with Crippen molar-refractivity contribution in [3.63, 3.8) is 0 Å². The lowest BCUT2D eigenvalue weighted by Gasteiger charge is -2.56. The van der Waals surface area contributed by atoms with E-state index in [0.717, 1.165) is 55.4 Å². The molecule has 0 unspecified atom stereocenters. The van der Waals surface area contributed by atoms with Gasteiger partial charge in [0.25, 0.3) is 5.91 Å². The highest BCUT2D eigenvalue weighted by Gasteiger charge is 2.51. The van der Waals surface area contributed by atoms with Gasteiger partial charge >= 0.3 is 0 Å². The van der Waals surface area contributed by atoms with Crippen LogP contribution < -0.4 is 10.2 Å². The average molecular weight is 341 g/mol. The summed E-state index contributed by atoms with van der Waals surface area (Å²) in [5.74, 6) is 3.49. The number of ether oxygens (including phenoxy) is 1. The Labute approximate surface area is 149 Å². The molecule has 4 saturated carbocycles. The predicted octanol–water partition coefficient (Wildman–Crippen LogP) is 2.62.